The topological polar surface area (TPSA) is 35.5 Å². The maximum atomic E-state index is 12.1. The van der Waals surface area contributed by atoms with E-state index in [1.165, 1.54) is 22.5 Å². The molecule has 0 spiro atoms. The number of hydrogen-bond acceptors (Lipinski definition) is 3. The summed E-state index contributed by atoms with van der Waals surface area (Å²) in [6.07, 6.45) is 0.395. The van der Waals surface area contributed by atoms with E-state index < -0.39 is 22.5 Å². The molecule has 0 saturated carbocycles. The lowest BCUT2D eigenvalue weighted by Crippen LogP contribution is -2.65. The zero-order valence-electron chi connectivity index (χ0n) is 25.0. The lowest BCUT2D eigenvalue weighted by atomic mass is 10.2. The van der Waals surface area contributed by atoms with E-state index in [-0.39, 0.29) is 16.0 Å². The second-order valence-corrected chi connectivity index (χ2v) is 22.1. The van der Waals surface area contributed by atoms with Crippen LogP contribution in [-0.2, 0) is 14.0 Å². The molecule has 0 fully saturated rings. The molecule has 0 unspecified atom stereocenters. The zero-order chi connectivity index (χ0) is 28.1. The van der Waals surface area contributed by atoms with Crippen molar-refractivity contribution >= 4 is 32.7 Å². The Morgan fingerprint density at radius 3 is 1.65 bits per heavy atom. The van der Waals surface area contributed by atoms with Gasteiger partial charge in [0, 0.05) is 12.5 Å². The average molecular weight is 537 g/mol. The smallest absolute Gasteiger partial charge is 0.303 e. The number of benzene rings is 2. The van der Waals surface area contributed by atoms with Crippen molar-refractivity contribution in [2.75, 3.05) is 6.61 Å². The van der Waals surface area contributed by atoms with E-state index in [1.807, 2.05) is 6.92 Å². The second kappa shape index (κ2) is 12.1. The predicted molar refractivity (Wildman–Crippen MR) is 163 cm³/mol. The molecule has 0 bridgehead atoms. The summed E-state index contributed by atoms with van der Waals surface area (Å²) in [4.78, 5) is 12.1. The normalized spacial score (nSPS) is 13.5. The maximum absolute atomic E-state index is 12.1. The van der Waals surface area contributed by atoms with Crippen molar-refractivity contribution in [3.8, 4) is 0 Å². The molecule has 37 heavy (non-hydrogen) atoms. The van der Waals surface area contributed by atoms with E-state index in [4.69, 9.17) is 9.16 Å². The van der Waals surface area contributed by atoms with Crippen LogP contribution in [0.5, 0.6) is 0 Å². The number of carbonyl (C=O) groups is 1. The van der Waals surface area contributed by atoms with Gasteiger partial charge in [-0.25, -0.2) is 0 Å². The van der Waals surface area contributed by atoms with Gasteiger partial charge in [0.05, 0.1) is 6.61 Å². The lowest BCUT2D eigenvalue weighted by molar-refractivity contribution is -0.146. The van der Waals surface area contributed by atoms with Gasteiger partial charge in [0.25, 0.3) is 0 Å². The highest BCUT2D eigenvalue weighted by molar-refractivity contribution is 7.09. The molecule has 2 rings (SSSR count). The fourth-order valence-corrected chi connectivity index (χ4v) is 11.9. The zero-order valence-corrected chi connectivity index (χ0v) is 27.0. The summed E-state index contributed by atoms with van der Waals surface area (Å²) in [5.74, 6) is -0.298. The summed E-state index contributed by atoms with van der Waals surface area (Å²) in [6.45, 7) is 24.3. The van der Waals surface area contributed by atoms with Crippen molar-refractivity contribution in [3.63, 3.8) is 0 Å². The number of esters is 1. The molecule has 0 N–H and O–H groups in total. The van der Waals surface area contributed by atoms with Crippen LogP contribution in [0.15, 0.2) is 77.2 Å². The van der Waals surface area contributed by atoms with Crippen molar-refractivity contribution in [1.82, 2.24) is 0 Å². The first kappa shape index (κ1) is 31.0. The maximum Gasteiger partial charge on any atom is 0.303 e. The Balaban J connectivity index is 2.82. The van der Waals surface area contributed by atoms with Gasteiger partial charge in [-0.2, -0.15) is 0 Å². The fourth-order valence-electron chi connectivity index (χ4n) is 4.92. The molecule has 202 valence electrons. The van der Waals surface area contributed by atoms with Crippen molar-refractivity contribution in [2.45, 2.75) is 98.0 Å². The second-order valence-electron chi connectivity index (χ2n) is 12.5. The van der Waals surface area contributed by atoms with Gasteiger partial charge < -0.3 is 9.16 Å². The molecule has 0 aliphatic carbocycles. The molecule has 0 aliphatic rings. The standard InChI is InChI=1S/C32H48O3Si2/c1-12-27(23-25(2)30(35-26(3)33)24-34-36(10,11)31(4,5)6)37(32(7,8)9,28-19-15-13-16-20-28)29-21-17-14-18-22-29/h13-22,30H,12,24H2,1-11H3/t23?,30-/m1/s1. The molecule has 0 heterocycles. The van der Waals surface area contributed by atoms with E-state index in [0.29, 0.717) is 6.61 Å². The molecule has 3 nitrogen and oxygen atoms in total. The van der Waals surface area contributed by atoms with Crippen LogP contribution in [0.3, 0.4) is 0 Å². The minimum absolute atomic E-state index is 0.0249. The molecule has 2 aromatic carbocycles. The van der Waals surface area contributed by atoms with Gasteiger partial charge in [-0.15, -0.1) is 5.73 Å². The molecule has 0 aliphatic heterocycles. The minimum atomic E-state index is -2.50. The van der Waals surface area contributed by atoms with Crippen molar-refractivity contribution in [3.05, 3.63) is 77.2 Å². The molecule has 2 aromatic rings. The molecule has 0 saturated heterocycles. The van der Waals surface area contributed by atoms with E-state index in [2.05, 4.69) is 128 Å². The van der Waals surface area contributed by atoms with Gasteiger partial charge >= 0.3 is 5.97 Å². The third kappa shape index (κ3) is 7.03. The first-order chi connectivity index (χ1) is 17.1. The van der Waals surface area contributed by atoms with Crippen LogP contribution < -0.4 is 10.4 Å². The highest BCUT2D eigenvalue weighted by atomic mass is 28.4. The molecular formula is C32H48O3Si2. The van der Waals surface area contributed by atoms with E-state index in [9.17, 15) is 4.79 Å². The Labute approximate surface area is 228 Å². The van der Waals surface area contributed by atoms with Crippen molar-refractivity contribution in [1.29, 1.82) is 0 Å². The SMILES string of the molecule is CCC(=C=C(C)[C@@H](CO[Si](C)(C)C(C)(C)C)OC(C)=O)[Si](c1ccccc1)(c1ccccc1)C(C)(C)C. The minimum Gasteiger partial charge on any atom is -0.455 e. The average Bonchev–Trinajstić information content (AvgIpc) is 2.81. The number of hydrogen-bond donors (Lipinski definition) is 0. The lowest BCUT2D eigenvalue weighted by Gasteiger charge is -2.45. The molecule has 5 heteroatoms. The van der Waals surface area contributed by atoms with Crippen LogP contribution in [0.2, 0.25) is 23.2 Å². The predicted octanol–water partition coefficient (Wildman–Crippen LogP) is 7.42. The Morgan fingerprint density at radius 1 is 0.838 bits per heavy atom. The van der Waals surface area contributed by atoms with E-state index >= 15 is 0 Å². The molecule has 0 aromatic heterocycles. The molecule has 1 atom stereocenters. The third-order valence-corrected chi connectivity index (χ3v) is 18.4. The first-order valence-corrected chi connectivity index (χ1v) is 18.4. The van der Waals surface area contributed by atoms with Gasteiger partial charge in [-0.3, -0.25) is 4.79 Å². The first-order valence-electron chi connectivity index (χ1n) is 13.5. The summed E-state index contributed by atoms with van der Waals surface area (Å²) in [5, 5.41) is 4.09. The summed E-state index contributed by atoms with van der Waals surface area (Å²) in [5.41, 5.74) is 4.76. The molecular weight excluding hydrogens is 489 g/mol. The molecule has 0 amide bonds. The van der Waals surface area contributed by atoms with Crippen LogP contribution in [0, 0.1) is 0 Å². The summed E-state index contributed by atoms with van der Waals surface area (Å²) in [7, 11) is -4.52. The van der Waals surface area contributed by atoms with Crippen LogP contribution >= 0.6 is 0 Å². The summed E-state index contributed by atoms with van der Waals surface area (Å²) in [6, 6.07) is 21.9. The van der Waals surface area contributed by atoms with Crippen molar-refractivity contribution in [2.24, 2.45) is 0 Å². The van der Waals surface area contributed by atoms with Gasteiger partial charge in [0.15, 0.2) is 22.5 Å². The van der Waals surface area contributed by atoms with E-state index in [1.54, 1.807) is 0 Å². The fraction of sp³-hybridized carbons (Fsp3) is 0.500. The monoisotopic (exact) mass is 536 g/mol. The Hall–Kier alpha value is -2.18. The van der Waals surface area contributed by atoms with Gasteiger partial charge in [0.1, 0.15) is 0 Å². The van der Waals surface area contributed by atoms with Crippen LogP contribution in [-0.4, -0.2) is 35.1 Å². The van der Waals surface area contributed by atoms with Gasteiger partial charge in [0.2, 0.25) is 0 Å². The third-order valence-electron chi connectivity index (χ3n) is 7.89. The summed E-state index contributed by atoms with van der Waals surface area (Å²) >= 11 is 0. The summed E-state index contributed by atoms with van der Waals surface area (Å²) < 4.78 is 12.4. The van der Waals surface area contributed by atoms with E-state index in [0.717, 1.165) is 12.0 Å². The Kier molecular flexibility index (Phi) is 10.2. The number of ether oxygens (including phenoxy) is 1. The van der Waals surface area contributed by atoms with Gasteiger partial charge in [-0.1, -0.05) is 109 Å². The molecule has 0 radical (unpaired) electrons. The van der Waals surface area contributed by atoms with Crippen LogP contribution in [0.1, 0.15) is 68.7 Å². The quantitative estimate of drug-likeness (QED) is 0.190. The Morgan fingerprint density at radius 2 is 1.30 bits per heavy atom. The largest absolute Gasteiger partial charge is 0.455 e. The van der Waals surface area contributed by atoms with Crippen molar-refractivity contribution < 1.29 is 14.0 Å². The Bertz CT molecular complexity index is 1060. The highest BCUT2D eigenvalue weighted by Crippen LogP contribution is 2.41. The number of rotatable bonds is 9. The van der Waals surface area contributed by atoms with Gasteiger partial charge in [-0.05, 0) is 52.1 Å². The van der Waals surface area contributed by atoms with Crippen LogP contribution in [0.4, 0.5) is 0 Å². The highest BCUT2D eigenvalue weighted by Gasteiger charge is 2.50. The number of carbonyl (C=O) groups excluding carboxylic acids is 1. The van der Waals surface area contributed by atoms with Crippen LogP contribution in [0.25, 0.3) is 0 Å².